The number of rotatable bonds is 7. The first-order chi connectivity index (χ1) is 17.3. The molecule has 0 saturated carbocycles. The van der Waals surface area contributed by atoms with E-state index in [1.807, 2.05) is 4.90 Å². The van der Waals surface area contributed by atoms with Gasteiger partial charge in [-0.1, -0.05) is 6.58 Å². The van der Waals surface area contributed by atoms with Gasteiger partial charge in [-0.05, 0) is 51.8 Å². The average molecular weight is 495 g/mol. The molecule has 4 fully saturated rings. The fourth-order valence-corrected chi connectivity index (χ4v) is 6.12. The summed E-state index contributed by atoms with van der Waals surface area (Å²) >= 11 is 0. The van der Waals surface area contributed by atoms with Crippen molar-refractivity contribution in [2.24, 2.45) is 11.1 Å². The number of hydrogen-bond donors (Lipinski definition) is 1. The number of anilines is 2. The van der Waals surface area contributed by atoms with Gasteiger partial charge in [-0.15, -0.1) is 0 Å². The molecule has 4 saturated heterocycles. The summed E-state index contributed by atoms with van der Waals surface area (Å²) in [7, 11) is 2.09. The lowest BCUT2D eigenvalue weighted by Crippen LogP contribution is -2.59. The van der Waals surface area contributed by atoms with Crippen molar-refractivity contribution in [2.45, 2.75) is 44.2 Å². The van der Waals surface area contributed by atoms with Crippen LogP contribution in [0.4, 0.5) is 11.6 Å². The van der Waals surface area contributed by atoms with E-state index in [1.165, 1.54) is 6.08 Å². The average Bonchev–Trinajstić information content (AvgIpc) is 3.60. The number of nitrogens with two attached hydrogens (primary N) is 1. The number of primary amides is 1. The van der Waals surface area contributed by atoms with E-state index in [-0.39, 0.29) is 17.3 Å². The lowest BCUT2D eigenvalue weighted by atomic mass is 9.79. The van der Waals surface area contributed by atoms with Gasteiger partial charge in [-0.3, -0.25) is 9.59 Å². The van der Waals surface area contributed by atoms with Gasteiger partial charge in [0.05, 0.1) is 0 Å². The van der Waals surface area contributed by atoms with Crippen LogP contribution in [0.3, 0.4) is 0 Å². The maximum absolute atomic E-state index is 12.2. The van der Waals surface area contributed by atoms with Crippen molar-refractivity contribution in [3.05, 3.63) is 18.2 Å². The van der Waals surface area contributed by atoms with Crippen LogP contribution < -0.4 is 20.3 Å². The molecule has 5 rings (SSSR count). The summed E-state index contributed by atoms with van der Waals surface area (Å²) in [6.45, 7) is 8.40. The van der Waals surface area contributed by atoms with Crippen LogP contribution in [0.15, 0.2) is 12.7 Å². The Balaban J connectivity index is 1.44. The summed E-state index contributed by atoms with van der Waals surface area (Å²) in [6, 6.07) is 2.30. The third-order valence-corrected chi connectivity index (χ3v) is 8.17. The molecular formula is C25H34N8O3. The Hall–Kier alpha value is -3.39. The predicted octanol–water partition coefficient (Wildman–Crippen LogP) is 0.500. The molecule has 36 heavy (non-hydrogen) atoms. The Morgan fingerprint density at radius 2 is 1.94 bits per heavy atom. The van der Waals surface area contributed by atoms with Crippen molar-refractivity contribution < 1.29 is 14.3 Å². The number of likely N-dealkylation sites (N-methyl/N-ethyl adjacent to an activating group) is 1. The molecule has 2 atom stereocenters. The van der Waals surface area contributed by atoms with Gasteiger partial charge in [0.2, 0.25) is 11.8 Å². The molecule has 1 aromatic rings. The van der Waals surface area contributed by atoms with Crippen molar-refractivity contribution in [2.75, 3.05) is 62.7 Å². The number of hydrogen-bond acceptors (Lipinski definition) is 9. The standard InChI is InChI=1S/C25H34N8O3/c1-3-20(34)32-15-25(16-32)8-11-31(14-25)22-18(12-26)23(33-10-5-7-19(33)21(27)35)29-24(28-22)36-13-17-6-4-9-30(17)2/h3,17,19H,1,4-11,13-16H2,2H3,(H2,27,35). The van der Waals surface area contributed by atoms with E-state index in [0.717, 1.165) is 32.2 Å². The Labute approximate surface area is 211 Å². The minimum absolute atomic E-state index is 0.0203. The normalized spacial score (nSPS) is 25.2. The lowest BCUT2D eigenvalue weighted by molar-refractivity contribution is -0.136. The number of aromatic nitrogens is 2. The van der Waals surface area contributed by atoms with Crippen molar-refractivity contribution in [3.8, 4) is 12.1 Å². The zero-order valence-electron chi connectivity index (χ0n) is 20.9. The molecule has 0 bridgehead atoms. The highest BCUT2D eigenvalue weighted by Gasteiger charge is 2.49. The van der Waals surface area contributed by atoms with Crippen LogP contribution >= 0.6 is 0 Å². The fraction of sp³-hybridized carbons (Fsp3) is 0.640. The van der Waals surface area contributed by atoms with E-state index < -0.39 is 11.9 Å². The molecule has 2 unspecified atom stereocenters. The molecule has 11 nitrogen and oxygen atoms in total. The summed E-state index contributed by atoms with van der Waals surface area (Å²) in [5, 5.41) is 10.2. The van der Waals surface area contributed by atoms with Gasteiger partial charge < -0.3 is 30.1 Å². The van der Waals surface area contributed by atoms with Crippen molar-refractivity contribution in [1.82, 2.24) is 19.8 Å². The topological polar surface area (TPSA) is 132 Å². The first-order valence-corrected chi connectivity index (χ1v) is 12.7. The molecule has 192 valence electrons. The number of nitrogens with zero attached hydrogens (tertiary/aromatic N) is 7. The minimum atomic E-state index is -0.510. The maximum atomic E-state index is 12.2. The fourth-order valence-electron chi connectivity index (χ4n) is 6.12. The Morgan fingerprint density at radius 1 is 1.19 bits per heavy atom. The molecule has 1 aromatic heterocycles. The zero-order chi connectivity index (χ0) is 25.4. The van der Waals surface area contributed by atoms with Gasteiger partial charge in [-0.25, -0.2) is 0 Å². The Kier molecular flexibility index (Phi) is 6.47. The first-order valence-electron chi connectivity index (χ1n) is 12.7. The van der Waals surface area contributed by atoms with Crippen LogP contribution in [-0.2, 0) is 9.59 Å². The van der Waals surface area contributed by atoms with E-state index in [4.69, 9.17) is 15.5 Å². The quantitative estimate of drug-likeness (QED) is 0.538. The largest absolute Gasteiger partial charge is 0.462 e. The molecule has 2 N–H and O–H groups in total. The highest BCUT2D eigenvalue weighted by molar-refractivity contribution is 5.88. The molecule has 5 heterocycles. The number of nitriles is 1. The van der Waals surface area contributed by atoms with E-state index in [9.17, 15) is 14.9 Å². The van der Waals surface area contributed by atoms with E-state index >= 15 is 0 Å². The SMILES string of the molecule is C=CC(=O)N1CC2(CCN(c3nc(OCC4CCCN4C)nc(N4CCCC4C(N)=O)c3C#N)C2)C1. The predicted molar refractivity (Wildman–Crippen MR) is 133 cm³/mol. The van der Waals surface area contributed by atoms with Gasteiger partial charge >= 0.3 is 6.01 Å². The third-order valence-electron chi connectivity index (χ3n) is 8.17. The second kappa shape index (κ2) is 9.58. The third kappa shape index (κ3) is 4.34. The van der Waals surface area contributed by atoms with Crippen LogP contribution in [-0.4, -0.2) is 96.6 Å². The second-order valence-corrected chi connectivity index (χ2v) is 10.6. The Morgan fingerprint density at radius 3 is 2.61 bits per heavy atom. The summed E-state index contributed by atoms with van der Waals surface area (Å²) in [4.78, 5) is 41.5. The second-order valence-electron chi connectivity index (χ2n) is 10.6. The molecule has 0 aliphatic carbocycles. The molecule has 4 aliphatic heterocycles. The summed E-state index contributed by atoms with van der Waals surface area (Å²) in [6.07, 6.45) is 5.85. The molecule has 0 radical (unpaired) electrons. The van der Waals surface area contributed by atoms with Crippen molar-refractivity contribution in [1.29, 1.82) is 5.26 Å². The van der Waals surface area contributed by atoms with Gasteiger partial charge in [0, 0.05) is 44.2 Å². The van der Waals surface area contributed by atoms with Crippen molar-refractivity contribution >= 4 is 23.5 Å². The molecule has 4 aliphatic rings. The number of amides is 2. The summed E-state index contributed by atoms with van der Waals surface area (Å²) < 4.78 is 6.10. The number of likely N-dealkylation sites (tertiary alicyclic amines) is 2. The zero-order valence-corrected chi connectivity index (χ0v) is 20.9. The van der Waals surface area contributed by atoms with E-state index in [1.54, 1.807) is 4.90 Å². The molecule has 1 spiro atoms. The van der Waals surface area contributed by atoms with Crippen LogP contribution in [0.25, 0.3) is 0 Å². The highest BCUT2D eigenvalue weighted by Crippen LogP contribution is 2.43. The highest BCUT2D eigenvalue weighted by atomic mass is 16.5. The molecule has 2 amide bonds. The van der Waals surface area contributed by atoms with Gasteiger partial charge in [-0.2, -0.15) is 15.2 Å². The molecule has 11 heteroatoms. The maximum Gasteiger partial charge on any atom is 0.320 e. The van der Waals surface area contributed by atoms with Crippen LogP contribution in [0.2, 0.25) is 0 Å². The molecular weight excluding hydrogens is 460 g/mol. The van der Waals surface area contributed by atoms with Gasteiger partial charge in [0.25, 0.3) is 0 Å². The van der Waals surface area contributed by atoms with Crippen LogP contribution in [0.5, 0.6) is 6.01 Å². The summed E-state index contributed by atoms with van der Waals surface area (Å²) in [5.41, 5.74) is 6.01. The number of carbonyl (C=O) groups excluding carboxylic acids is 2. The summed E-state index contributed by atoms with van der Waals surface area (Å²) in [5.74, 6) is 0.461. The van der Waals surface area contributed by atoms with Gasteiger partial charge in [0.15, 0.2) is 11.6 Å². The number of carbonyl (C=O) groups is 2. The van der Waals surface area contributed by atoms with Gasteiger partial charge in [0.1, 0.15) is 24.3 Å². The minimum Gasteiger partial charge on any atom is -0.462 e. The first kappa shape index (κ1) is 24.3. The van der Waals surface area contributed by atoms with Crippen LogP contribution in [0, 0.1) is 16.7 Å². The van der Waals surface area contributed by atoms with Crippen molar-refractivity contribution in [3.63, 3.8) is 0 Å². The van der Waals surface area contributed by atoms with E-state index in [0.29, 0.717) is 69.0 Å². The Bertz CT molecular complexity index is 1100. The smallest absolute Gasteiger partial charge is 0.320 e. The monoisotopic (exact) mass is 494 g/mol. The lowest BCUT2D eigenvalue weighted by Gasteiger charge is -2.47. The number of ether oxygens (including phenoxy) is 1. The molecule has 0 aromatic carbocycles. The van der Waals surface area contributed by atoms with E-state index in [2.05, 4.69) is 34.5 Å². The van der Waals surface area contributed by atoms with Crippen LogP contribution in [0.1, 0.15) is 37.7 Å².